The lowest BCUT2D eigenvalue weighted by molar-refractivity contribution is 1.32. The zero-order chi connectivity index (χ0) is 21.3. The van der Waals surface area contributed by atoms with E-state index in [-0.39, 0.29) is 0 Å². The second-order valence-corrected chi connectivity index (χ2v) is 7.67. The highest BCUT2D eigenvalue weighted by Crippen LogP contribution is 2.41. The Morgan fingerprint density at radius 2 is 0.875 bits per heavy atom. The van der Waals surface area contributed by atoms with Crippen LogP contribution in [0.15, 0.2) is 108 Å². The summed E-state index contributed by atoms with van der Waals surface area (Å²) >= 11 is 0. The molecule has 2 heterocycles. The molecule has 0 radical (unpaired) electrons. The Morgan fingerprint density at radius 3 is 1.31 bits per heavy atom. The van der Waals surface area contributed by atoms with Crippen molar-refractivity contribution in [3.05, 3.63) is 109 Å². The summed E-state index contributed by atoms with van der Waals surface area (Å²) in [5.74, 6) is 0. The predicted octanol–water partition coefficient (Wildman–Crippen LogP) is 6.88. The molecular formula is C28H18N4. The molecule has 32 heavy (non-hydrogen) atoms. The molecule has 2 aromatic heterocycles. The summed E-state index contributed by atoms with van der Waals surface area (Å²) in [6, 6.07) is 25.0. The molecule has 4 aromatic carbocycles. The molecule has 6 rings (SSSR count). The predicted molar refractivity (Wildman–Crippen MR) is 133 cm³/mol. The Bertz CT molecular complexity index is 1480. The molecule has 0 saturated carbocycles. The molecule has 4 nitrogen and oxygen atoms in total. The summed E-state index contributed by atoms with van der Waals surface area (Å²) in [5, 5.41) is 7.14. The van der Waals surface area contributed by atoms with E-state index in [0.29, 0.717) is 0 Å². The highest BCUT2D eigenvalue weighted by Gasteiger charge is 2.12. The lowest BCUT2D eigenvalue weighted by Gasteiger charge is -2.13. The molecule has 0 atom stereocenters. The van der Waals surface area contributed by atoms with Crippen molar-refractivity contribution >= 4 is 56.1 Å². The van der Waals surface area contributed by atoms with E-state index < -0.39 is 0 Å². The van der Waals surface area contributed by atoms with Crippen molar-refractivity contribution in [2.45, 2.75) is 0 Å². The SMILES string of the molecule is C(=N\c1ccc2ccc3c(/N=C/c4ccncc4)ccc4ccc1c2c43)/c1ccncc1. The molecule has 0 N–H and O–H groups in total. The van der Waals surface area contributed by atoms with E-state index in [9.17, 15) is 0 Å². The van der Waals surface area contributed by atoms with Crippen molar-refractivity contribution in [3.63, 3.8) is 0 Å². The molecule has 0 aliphatic heterocycles. The minimum absolute atomic E-state index is 0.953. The number of benzene rings is 4. The van der Waals surface area contributed by atoms with Crippen molar-refractivity contribution < 1.29 is 0 Å². The number of rotatable bonds is 4. The second kappa shape index (κ2) is 7.67. The Hall–Kier alpha value is -4.44. The number of pyridine rings is 2. The largest absolute Gasteiger partial charge is 0.265 e. The summed E-state index contributed by atoms with van der Waals surface area (Å²) < 4.78 is 0. The standard InChI is InChI=1S/C28H18N4/c1-5-23-25(31-17-19-9-13-29-14-10-19)8-4-22-2-6-24-26(7-3-21(1)27(24)28(22)23)32-18-20-11-15-30-16-12-20/h1-18H/b31-17+,32-18+. The zero-order valence-corrected chi connectivity index (χ0v) is 17.2. The van der Waals surface area contributed by atoms with Crippen LogP contribution in [-0.4, -0.2) is 22.4 Å². The third-order valence-electron chi connectivity index (χ3n) is 5.74. The number of aromatic nitrogens is 2. The van der Waals surface area contributed by atoms with Gasteiger partial charge in [-0.25, -0.2) is 0 Å². The normalized spacial score (nSPS) is 12.1. The smallest absolute Gasteiger partial charge is 0.0708 e. The zero-order valence-electron chi connectivity index (χ0n) is 17.2. The molecule has 4 heteroatoms. The van der Waals surface area contributed by atoms with E-state index in [4.69, 9.17) is 9.98 Å². The van der Waals surface area contributed by atoms with Gasteiger partial charge in [0.05, 0.1) is 11.4 Å². The molecule has 0 bridgehead atoms. The fourth-order valence-electron chi connectivity index (χ4n) is 4.18. The topological polar surface area (TPSA) is 50.5 Å². The van der Waals surface area contributed by atoms with Gasteiger partial charge in [0.15, 0.2) is 0 Å². The number of aliphatic imine (C=N–C) groups is 2. The summed E-state index contributed by atoms with van der Waals surface area (Å²) in [4.78, 5) is 17.7. The lowest BCUT2D eigenvalue weighted by Crippen LogP contribution is -1.86. The van der Waals surface area contributed by atoms with Gasteiger partial charge in [0.2, 0.25) is 0 Å². The average Bonchev–Trinajstić information content (AvgIpc) is 2.86. The number of hydrogen-bond acceptors (Lipinski definition) is 4. The maximum Gasteiger partial charge on any atom is 0.0708 e. The first kappa shape index (κ1) is 18.3. The van der Waals surface area contributed by atoms with Crippen LogP contribution in [0, 0.1) is 0 Å². The fourth-order valence-corrected chi connectivity index (χ4v) is 4.18. The molecular weight excluding hydrogens is 392 g/mol. The average molecular weight is 410 g/mol. The highest BCUT2D eigenvalue weighted by molar-refractivity contribution is 6.27. The molecule has 150 valence electrons. The number of hydrogen-bond donors (Lipinski definition) is 0. The van der Waals surface area contributed by atoms with E-state index in [2.05, 4.69) is 58.5 Å². The van der Waals surface area contributed by atoms with E-state index in [0.717, 1.165) is 33.3 Å². The molecule has 0 unspecified atom stereocenters. The Balaban J connectivity index is 1.53. The van der Waals surface area contributed by atoms with Gasteiger partial charge in [-0.3, -0.25) is 20.0 Å². The molecule has 0 aliphatic rings. The minimum Gasteiger partial charge on any atom is -0.265 e. The van der Waals surface area contributed by atoms with Crippen LogP contribution in [0.5, 0.6) is 0 Å². The van der Waals surface area contributed by atoms with E-state index >= 15 is 0 Å². The highest BCUT2D eigenvalue weighted by atomic mass is 14.7. The van der Waals surface area contributed by atoms with Crippen LogP contribution in [-0.2, 0) is 0 Å². The molecule has 0 saturated heterocycles. The maximum absolute atomic E-state index is 4.79. The molecule has 0 aliphatic carbocycles. The van der Waals surface area contributed by atoms with E-state index in [1.165, 1.54) is 21.5 Å². The van der Waals surface area contributed by atoms with Gasteiger partial charge in [0.1, 0.15) is 0 Å². The Labute approximate surface area is 185 Å². The van der Waals surface area contributed by atoms with Crippen molar-refractivity contribution in [1.82, 2.24) is 9.97 Å². The lowest BCUT2D eigenvalue weighted by atomic mass is 9.93. The Kier molecular flexibility index (Phi) is 4.40. The van der Waals surface area contributed by atoms with Gasteiger partial charge in [-0.1, -0.05) is 36.4 Å². The molecule has 0 spiro atoms. The molecule has 6 aromatic rings. The van der Waals surface area contributed by atoms with Gasteiger partial charge in [-0.15, -0.1) is 0 Å². The van der Waals surface area contributed by atoms with Crippen molar-refractivity contribution in [1.29, 1.82) is 0 Å². The number of nitrogens with zero attached hydrogens (tertiary/aromatic N) is 4. The fraction of sp³-hybridized carbons (Fsp3) is 0. The first-order valence-electron chi connectivity index (χ1n) is 10.5. The van der Waals surface area contributed by atoms with Gasteiger partial charge in [0, 0.05) is 48.0 Å². The van der Waals surface area contributed by atoms with Crippen LogP contribution in [0.4, 0.5) is 11.4 Å². The quantitative estimate of drug-likeness (QED) is 0.235. The third kappa shape index (κ3) is 3.19. The molecule has 0 amide bonds. The Morgan fingerprint density at radius 1 is 0.469 bits per heavy atom. The second-order valence-electron chi connectivity index (χ2n) is 7.67. The minimum atomic E-state index is 0.953. The van der Waals surface area contributed by atoms with Crippen LogP contribution in [0.25, 0.3) is 32.3 Å². The summed E-state index contributed by atoms with van der Waals surface area (Å²) in [5.41, 5.74) is 3.96. The summed E-state index contributed by atoms with van der Waals surface area (Å²) in [6.45, 7) is 0. The van der Waals surface area contributed by atoms with Gasteiger partial charge in [-0.2, -0.15) is 0 Å². The summed E-state index contributed by atoms with van der Waals surface area (Å²) in [6.07, 6.45) is 10.9. The summed E-state index contributed by atoms with van der Waals surface area (Å²) in [7, 11) is 0. The third-order valence-corrected chi connectivity index (χ3v) is 5.74. The van der Waals surface area contributed by atoms with Gasteiger partial charge in [0.25, 0.3) is 0 Å². The van der Waals surface area contributed by atoms with Crippen molar-refractivity contribution in [2.24, 2.45) is 9.98 Å². The first-order chi connectivity index (χ1) is 15.9. The van der Waals surface area contributed by atoms with Crippen LogP contribution in [0.1, 0.15) is 11.1 Å². The monoisotopic (exact) mass is 410 g/mol. The van der Waals surface area contributed by atoms with Crippen molar-refractivity contribution in [2.75, 3.05) is 0 Å². The van der Waals surface area contributed by atoms with Crippen LogP contribution >= 0.6 is 0 Å². The van der Waals surface area contributed by atoms with Crippen LogP contribution in [0.2, 0.25) is 0 Å². The van der Waals surface area contributed by atoms with Gasteiger partial charge < -0.3 is 0 Å². The first-order valence-corrected chi connectivity index (χ1v) is 10.5. The van der Waals surface area contributed by atoms with Gasteiger partial charge in [-0.05, 0) is 69.1 Å². The van der Waals surface area contributed by atoms with Crippen LogP contribution in [0.3, 0.4) is 0 Å². The van der Waals surface area contributed by atoms with Gasteiger partial charge >= 0.3 is 0 Å². The van der Waals surface area contributed by atoms with Crippen LogP contribution < -0.4 is 0 Å². The molecule has 0 fully saturated rings. The van der Waals surface area contributed by atoms with Crippen molar-refractivity contribution in [3.8, 4) is 0 Å². The maximum atomic E-state index is 4.79. The van der Waals surface area contributed by atoms with E-state index in [1.54, 1.807) is 24.8 Å². The van der Waals surface area contributed by atoms with E-state index in [1.807, 2.05) is 36.7 Å².